The number of fused-ring (bicyclic) bond motifs is 3. The molecular formula is C30H26O11. The van der Waals surface area contributed by atoms with Gasteiger partial charge in [-0.2, -0.15) is 0 Å². The molecule has 0 saturated heterocycles. The van der Waals surface area contributed by atoms with E-state index in [1.165, 1.54) is 31.2 Å². The van der Waals surface area contributed by atoms with E-state index in [-0.39, 0.29) is 91.7 Å². The summed E-state index contributed by atoms with van der Waals surface area (Å²) >= 11 is 0. The lowest BCUT2D eigenvalue weighted by atomic mass is 9.89. The maximum absolute atomic E-state index is 13.4. The number of aliphatic hydroxyl groups excluding tert-OH is 2. The molecule has 212 valence electrons. The van der Waals surface area contributed by atoms with Crippen molar-refractivity contribution in [3.63, 3.8) is 0 Å². The number of aromatic hydroxyl groups is 6. The van der Waals surface area contributed by atoms with Crippen molar-refractivity contribution in [2.75, 3.05) is 0 Å². The summed E-state index contributed by atoms with van der Waals surface area (Å²) in [5.41, 5.74) is 0.183. The van der Waals surface area contributed by atoms with E-state index in [4.69, 9.17) is 9.47 Å². The molecule has 4 atom stereocenters. The molecule has 0 aliphatic carbocycles. The zero-order valence-electron chi connectivity index (χ0n) is 21.6. The molecule has 11 nitrogen and oxygen atoms in total. The Morgan fingerprint density at radius 1 is 0.659 bits per heavy atom. The Labute approximate surface area is 232 Å². The minimum absolute atomic E-state index is 0.0610. The Morgan fingerprint density at radius 2 is 1.20 bits per heavy atom. The molecule has 4 aromatic rings. The van der Waals surface area contributed by atoms with E-state index in [0.717, 1.165) is 18.2 Å². The highest BCUT2D eigenvalue weighted by atomic mass is 16.5. The molecule has 4 aromatic carbocycles. The molecule has 2 aliphatic rings. The van der Waals surface area contributed by atoms with E-state index >= 15 is 0 Å². The zero-order chi connectivity index (χ0) is 29.3. The third-order valence-corrected chi connectivity index (χ3v) is 7.71. The van der Waals surface area contributed by atoms with Gasteiger partial charge in [-0.3, -0.25) is 4.79 Å². The number of aryl methyl sites for hydroxylation is 1. The van der Waals surface area contributed by atoms with Crippen LogP contribution in [0.5, 0.6) is 46.0 Å². The van der Waals surface area contributed by atoms with Gasteiger partial charge < -0.3 is 50.3 Å². The Morgan fingerprint density at radius 3 is 1.78 bits per heavy atom. The predicted molar refractivity (Wildman–Crippen MR) is 144 cm³/mol. The summed E-state index contributed by atoms with van der Waals surface area (Å²) < 4.78 is 11.9. The maximum atomic E-state index is 13.4. The molecule has 2 aliphatic heterocycles. The second-order valence-electron chi connectivity index (χ2n) is 10.4. The van der Waals surface area contributed by atoms with Gasteiger partial charge in [-0.1, -0.05) is 0 Å². The van der Waals surface area contributed by atoms with Crippen LogP contribution in [0.4, 0.5) is 0 Å². The van der Waals surface area contributed by atoms with Gasteiger partial charge in [-0.25, -0.2) is 0 Å². The Balaban J connectivity index is 1.56. The van der Waals surface area contributed by atoms with Crippen LogP contribution in [-0.2, 0) is 12.8 Å². The van der Waals surface area contributed by atoms with E-state index in [1.54, 1.807) is 0 Å². The summed E-state index contributed by atoms with van der Waals surface area (Å²) in [6, 6.07) is 8.72. The van der Waals surface area contributed by atoms with Crippen LogP contribution in [0.3, 0.4) is 0 Å². The van der Waals surface area contributed by atoms with Gasteiger partial charge >= 0.3 is 0 Å². The number of ether oxygens (including phenoxy) is 2. The third-order valence-electron chi connectivity index (χ3n) is 7.71. The normalized spacial score (nSPS) is 21.4. The molecule has 0 radical (unpaired) electrons. The predicted octanol–water partition coefficient (Wildman–Crippen LogP) is 2.82. The minimum atomic E-state index is -1.25. The van der Waals surface area contributed by atoms with Gasteiger partial charge in [0.25, 0.3) is 0 Å². The number of benzene rings is 3. The third kappa shape index (κ3) is 4.26. The SMILES string of the molecule is Cc1c(O)cc([C@@H]2Oc3cc(O)cc(O)c3C[C@@H]2O)c2cc([C@H]3Oc4cc(O)cc(O)c4CC3O)cc(O)c(=O)c12. The van der Waals surface area contributed by atoms with E-state index in [1.807, 2.05) is 0 Å². The van der Waals surface area contributed by atoms with Crippen LogP contribution in [-0.4, -0.2) is 53.1 Å². The lowest BCUT2D eigenvalue weighted by molar-refractivity contribution is 0.0193. The van der Waals surface area contributed by atoms with E-state index < -0.39 is 35.6 Å². The summed E-state index contributed by atoms with van der Waals surface area (Å²) in [6.45, 7) is 1.49. The first-order valence-electron chi connectivity index (χ1n) is 12.8. The van der Waals surface area contributed by atoms with E-state index in [2.05, 4.69) is 0 Å². The van der Waals surface area contributed by atoms with Gasteiger partial charge in [0.1, 0.15) is 46.4 Å². The van der Waals surface area contributed by atoms with Gasteiger partial charge in [-0.05, 0) is 36.1 Å². The van der Waals surface area contributed by atoms with Gasteiger partial charge in [0.2, 0.25) is 5.43 Å². The summed E-state index contributed by atoms with van der Waals surface area (Å²) in [7, 11) is 0. The van der Waals surface area contributed by atoms with Crippen LogP contribution in [0.2, 0.25) is 0 Å². The topological polar surface area (TPSA) is 197 Å². The van der Waals surface area contributed by atoms with Gasteiger partial charge in [-0.15, -0.1) is 0 Å². The fraction of sp³-hybridized carbons (Fsp3) is 0.233. The van der Waals surface area contributed by atoms with Crippen molar-refractivity contribution in [1.82, 2.24) is 0 Å². The average Bonchev–Trinajstić information content (AvgIpc) is 3.03. The van der Waals surface area contributed by atoms with Gasteiger partial charge in [0.05, 0.1) is 12.2 Å². The Hall–Kier alpha value is -4.87. The molecular weight excluding hydrogens is 536 g/mol. The molecule has 0 aromatic heterocycles. The van der Waals surface area contributed by atoms with Crippen LogP contribution < -0.4 is 14.9 Å². The standard InChI is InChI=1S/C30H26O11/c1-11-19(33)8-16(30-24(38)10-18-21(35)5-14(32)7-26(18)41-30)15-2-12(3-22(36)28(39)27(11)15)29-23(37)9-17-20(34)4-13(31)6-25(17)40-29/h2-8,23-24,29-35,37-38H,9-10H2,1H3,(H,36,39)/t23?,24-,29+,30-/m0/s1. The highest BCUT2D eigenvalue weighted by molar-refractivity contribution is 5.91. The number of phenols is 5. The van der Waals surface area contributed by atoms with Gasteiger partial charge in [0.15, 0.2) is 11.9 Å². The number of hydrogen-bond acceptors (Lipinski definition) is 11. The smallest absolute Gasteiger partial charge is 0.228 e. The van der Waals surface area contributed by atoms with E-state index in [9.17, 15) is 45.6 Å². The van der Waals surface area contributed by atoms with Crippen LogP contribution in [0.1, 0.15) is 40.0 Å². The fourth-order valence-electron chi connectivity index (χ4n) is 5.69. The zero-order valence-corrected chi connectivity index (χ0v) is 21.6. The Bertz CT molecular complexity index is 1800. The summed E-state index contributed by atoms with van der Waals surface area (Å²) in [5.74, 6) is -1.86. The van der Waals surface area contributed by atoms with Crippen molar-refractivity contribution < 1.29 is 50.3 Å². The molecule has 0 saturated carbocycles. The summed E-state index contributed by atoms with van der Waals surface area (Å²) in [6.07, 6.45) is -4.96. The molecule has 11 heteroatoms. The molecule has 0 bridgehead atoms. The number of phenolic OH excluding ortho intramolecular Hbond substituents is 5. The van der Waals surface area contributed by atoms with Crippen LogP contribution >= 0.6 is 0 Å². The van der Waals surface area contributed by atoms with E-state index in [0.29, 0.717) is 0 Å². The van der Waals surface area contributed by atoms with Crippen molar-refractivity contribution in [3.05, 3.63) is 80.5 Å². The van der Waals surface area contributed by atoms with Crippen LogP contribution in [0.15, 0.2) is 47.3 Å². The molecule has 2 heterocycles. The Kier molecular flexibility index (Phi) is 6.02. The largest absolute Gasteiger partial charge is 0.508 e. The number of hydrogen-bond donors (Lipinski definition) is 8. The lowest BCUT2D eigenvalue weighted by Gasteiger charge is -2.32. The van der Waals surface area contributed by atoms with Gasteiger partial charge in [0, 0.05) is 64.7 Å². The van der Waals surface area contributed by atoms with Crippen LogP contribution in [0, 0.1) is 6.92 Å². The molecule has 6 rings (SSSR count). The average molecular weight is 563 g/mol. The van der Waals surface area contributed by atoms with Crippen molar-refractivity contribution in [1.29, 1.82) is 0 Å². The maximum Gasteiger partial charge on any atom is 0.228 e. The molecule has 0 spiro atoms. The summed E-state index contributed by atoms with van der Waals surface area (Å²) in [4.78, 5) is 13.4. The number of rotatable bonds is 2. The van der Waals surface area contributed by atoms with Crippen molar-refractivity contribution in [3.8, 4) is 46.0 Å². The fourth-order valence-corrected chi connectivity index (χ4v) is 5.69. The summed E-state index contributed by atoms with van der Waals surface area (Å²) in [5, 5.41) is 84.1. The van der Waals surface area contributed by atoms with Crippen LogP contribution in [0.25, 0.3) is 10.8 Å². The quantitative estimate of drug-likeness (QED) is 0.179. The molecule has 1 unspecified atom stereocenters. The first-order chi connectivity index (χ1) is 19.4. The highest BCUT2D eigenvalue weighted by Crippen LogP contribution is 2.46. The van der Waals surface area contributed by atoms with Crippen molar-refractivity contribution in [2.45, 2.75) is 44.2 Å². The molecule has 0 fully saturated rings. The lowest BCUT2D eigenvalue weighted by Crippen LogP contribution is -2.31. The molecule has 41 heavy (non-hydrogen) atoms. The molecule has 8 N–H and O–H groups in total. The minimum Gasteiger partial charge on any atom is -0.508 e. The van der Waals surface area contributed by atoms with Crippen molar-refractivity contribution in [2.24, 2.45) is 0 Å². The monoisotopic (exact) mass is 562 g/mol. The van der Waals surface area contributed by atoms with Crippen molar-refractivity contribution >= 4 is 10.8 Å². The highest BCUT2D eigenvalue weighted by Gasteiger charge is 2.36. The first kappa shape index (κ1) is 26.4. The first-order valence-corrected chi connectivity index (χ1v) is 12.8. The second-order valence-corrected chi connectivity index (χ2v) is 10.4. The number of aliphatic hydroxyl groups is 2. The second kappa shape index (κ2) is 9.36. The molecule has 0 amide bonds.